The van der Waals surface area contributed by atoms with Gasteiger partial charge in [-0.05, 0) is 58.5 Å². The molecule has 1 heterocycles. The van der Waals surface area contributed by atoms with Gasteiger partial charge in [-0.25, -0.2) is 4.98 Å². The summed E-state index contributed by atoms with van der Waals surface area (Å²) in [6.45, 7) is 0.158. The number of benzene rings is 1. The van der Waals surface area contributed by atoms with Crippen LogP contribution in [0.5, 0.6) is 0 Å². The van der Waals surface area contributed by atoms with Crippen LogP contribution in [0.4, 0.5) is 5.69 Å². The number of carbonyl (C=O) groups is 1. The summed E-state index contributed by atoms with van der Waals surface area (Å²) in [5.41, 5.74) is 0.770. The summed E-state index contributed by atoms with van der Waals surface area (Å²) in [6, 6.07) is 7.57. The van der Waals surface area contributed by atoms with Crippen molar-refractivity contribution in [1.29, 1.82) is 0 Å². The van der Waals surface area contributed by atoms with Gasteiger partial charge in [0.05, 0.1) is 0 Å². The summed E-state index contributed by atoms with van der Waals surface area (Å²) >= 11 is 7.99. The lowest BCUT2D eigenvalue weighted by atomic mass is 10.3. The van der Waals surface area contributed by atoms with E-state index in [2.05, 4.69) is 32.9 Å². The molecule has 4 nitrogen and oxygen atoms in total. The van der Waals surface area contributed by atoms with Crippen LogP contribution in [0.25, 0.3) is 0 Å². The summed E-state index contributed by atoms with van der Waals surface area (Å²) in [7, 11) is 0. The Morgan fingerprint density at radius 3 is 2.71 bits per heavy atom. The van der Waals surface area contributed by atoms with E-state index in [1.807, 2.05) is 24.3 Å². The minimum Gasteiger partial charge on any atom is -0.325 e. The molecule has 0 spiro atoms. The molecule has 0 aliphatic rings. The van der Waals surface area contributed by atoms with Crippen molar-refractivity contribution < 1.29 is 4.79 Å². The first-order chi connectivity index (χ1) is 8.15. The number of imidazole rings is 1. The lowest BCUT2D eigenvalue weighted by molar-refractivity contribution is -0.116. The van der Waals surface area contributed by atoms with Crippen LogP contribution in [0, 0.1) is 3.57 Å². The van der Waals surface area contributed by atoms with Crippen LogP contribution < -0.4 is 5.32 Å². The predicted octanol–water partition coefficient (Wildman–Crippen LogP) is 2.78. The molecule has 0 saturated carbocycles. The molecule has 0 radical (unpaired) electrons. The Labute approximate surface area is 117 Å². The van der Waals surface area contributed by atoms with Gasteiger partial charge in [-0.1, -0.05) is 0 Å². The first-order valence-corrected chi connectivity index (χ1v) is 6.33. The van der Waals surface area contributed by atoms with Gasteiger partial charge in [0.25, 0.3) is 0 Å². The van der Waals surface area contributed by atoms with Crippen LogP contribution >= 0.6 is 34.2 Å². The third-order valence-corrected chi connectivity index (χ3v) is 3.14. The highest BCUT2D eigenvalue weighted by Crippen LogP contribution is 2.11. The first-order valence-electron chi connectivity index (χ1n) is 4.87. The Bertz CT molecular complexity index is 524. The van der Waals surface area contributed by atoms with Crippen molar-refractivity contribution in [3.05, 3.63) is 45.5 Å². The molecule has 88 valence electrons. The van der Waals surface area contributed by atoms with Gasteiger partial charge in [0.2, 0.25) is 11.2 Å². The Hall–Kier alpha value is -1.08. The topological polar surface area (TPSA) is 46.9 Å². The second-order valence-electron chi connectivity index (χ2n) is 3.38. The van der Waals surface area contributed by atoms with E-state index in [0.29, 0.717) is 5.28 Å². The van der Waals surface area contributed by atoms with Crippen LogP contribution in [0.2, 0.25) is 5.28 Å². The first kappa shape index (κ1) is 12.4. The lowest BCUT2D eigenvalue weighted by Crippen LogP contribution is -2.18. The van der Waals surface area contributed by atoms with Crippen LogP contribution in [-0.4, -0.2) is 15.5 Å². The maximum Gasteiger partial charge on any atom is 0.244 e. The highest BCUT2D eigenvalue weighted by Gasteiger charge is 2.06. The standard InChI is InChI=1S/C11H9ClIN3O/c12-11-14-5-6-16(11)7-10(17)15-9-3-1-8(13)2-4-9/h1-6H,7H2,(H,15,17). The van der Waals surface area contributed by atoms with Crippen molar-refractivity contribution >= 4 is 45.8 Å². The average Bonchev–Trinajstić information content (AvgIpc) is 2.68. The molecule has 1 amide bonds. The molecule has 0 atom stereocenters. The van der Waals surface area contributed by atoms with E-state index < -0.39 is 0 Å². The van der Waals surface area contributed by atoms with Crippen molar-refractivity contribution in [1.82, 2.24) is 9.55 Å². The van der Waals surface area contributed by atoms with E-state index in [-0.39, 0.29) is 12.5 Å². The number of anilines is 1. The van der Waals surface area contributed by atoms with Crippen molar-refractivity contribution in [3.63, 3.8) is 0 Å². The number of aromatic nitrogens is 2. The number of rotatable bonds is 3. The summed E-state index contributed by atoms with van der Waals surface area (Å²) in [6.07, 6.45) is 3.22. The number of hydrogen-bond donors (Lipinski definition) is 1. The quantitative estimate of drug-likeness (QED) is 0.855. The van der Waals surface area contributed by atoms with Crippen LogP contribution in [0.3, 0.4) is 0 Å². The summed E-state index contributed by atoms with van der Waals surface area (Å²) in [4.78, 5) is 15.5. The minimum absolute atomic E-state index is 0.133. The summed E-state index contributed by atoms with van der Waals surface area (Å²) < 4.78 is 2.70. The normalized spacial score (nSPS) is 10.2. The molecule has 1 N–H and O–H groups in total. The number of amides is 1. The van der Waals surface area contributed by atoms with Crippen LogP contribution in [0.1, 0.15) is 0 Å². The van der Waals surface area contributed by atoms with Gasteiger partial charge in [0.15, 0.2) is 0 Å². The van der Waals surface area contributed by atoms with E-state index in [0.717, 1.165) is 9.26 Å². The van der Waals surface area contributed by atoms with Crippen molar-refractivity contribution in [2.75, 3.05) is 5.32 Å². The number of halogens is 2. The number of nitrogens with zero attached hydrogens (tertiary/aromatic N) is 2. The van der Waals surface area contributed by atoms with Gasteiger partial charge in [-0.2, -0.15) is 0 Å². The van der Waals surface area contributed by atoms with Gasteiger partial charge >= 0.3 is 0 Å². The predicted molar refractivity (Wildman–Crippen MR) is 75.0 cm³/mol. The molecule has 1 aromatic heterocycles. The van der Waals surface area contributed by atoms with Gasteiger partial charge in [-0.15, -0.1) is 0 Å². The molecule has 0 aliphatic carbocycles. The van der Waals surface area contributed by atoms with Crippen LogP contribution in [0.15, 0.2) is 36.7 Å². The van der Waals surface area contributed by atoms with E-state index in [4.69, 9.17) is 11.6 Å². The van der Waals surface area contributed by atoms with E-state index in [1.54, 1.807) is 17.0 Å². The second kappa shape index (κ2) is 5.50. The molecule has 6 heteroatoms. The smallest absolute Gasteiger partial charge is 0.244 e. The maximum atomic E-state index is 11.7. The SMILES string of the molecule is O=C(Cn1ccnc1Cl)Nc1ccc(I)cc1. The molecule has 2 rings (SSSR count). The van der Waals surface area contributed by atoms with Gasteiger partial charge in [-0.3, -0.25) is 4.79 Å². The fourth-order valence-corrected chi connectivity index (χ4v) is 1.85. The highest BCUT2D eigenvalue weighted by molar-refractivity contribution is 14.1. The van der Waals surface area contributed by atoms with E-state index in [1.165, 1.54) is 0 Å². The molecular weight excluding hydrogens is 352 g/mol. The average molecular weight is 362 g/mol. The molecular formula is C11H9ClIN3O. The molecule has 17 heavy (non-hydrogen) atoms. The molecule has 0 aliphatic heterocycles. The number of nitrogens with one attached hydrogen (secondary N) is 1. The molecule has 2 aromatic rings. The van der Waals surface area contributed by atoms with Crippen molar-refractivity contribution in [2.45, 2.75) is 6.54 Å². The third kappa shape index (κ3) is 3.44. The van der Waals surface area contributed by atoms with Crippen molar-refractivity contribution in [3.8, 4) is 0 Å². The van der Waals surface area contributed by atoms with Gasteiger partial charge in [0, 0.05) is 21.7 Å². The van der Waals surface area contributed by atoms with E-state index in [9.17, 15) is 4.79 Å². The Balaban J connectivity index is 1.98. The Kier molecular flexibility index (Phi) is 4.01. The Morgan fingerprint density at radius 2 is 2.12 bits per heavy atom. The fourth-order valence-electron chi connectivity index (χ4n) is 1.32. The zero-order valence-corrected chi connectivity index (χ0v) is 11.6. The molecule has 1 aromatic carbocycles. The monoisotopic (exact) mass is 361 g/mol. The lowest BCUT2D eigenvalue weighted by Gasteiger charge is -2.06. The molecule has 0 bridgehead atoms. The van der Waals surface area contributed by atoms with Crippen LogP contribution in [-0.2, 0) is 11.3 Å². The van der Waals surface area contributed by atoms with Gasteiger partial charge < -0.3 is 9.88 Å². The maximum absolute atomic E-state index is 11.7. The van der Waals surface area contributed by atoms with E-state index >= 15 is 0 Å². The summed E-state index contributed by atoms with van der Waals surface area (Å²) in [5.74, 6) is -0.133. The number of hydrogen-bond acceptors (Lipinski definition) is 2. The molecule has 0 unspecified atom stereocenters. The molecule has 0 fully saturated rings. The van der Waals surface area contributed by atoms with Gasteiger partial charge in [0.1, 0.15) is 6.54 Å². The number of carbonyl (C=O) groups excluding carboxylic acids is 1. The zero-order valence-electron chi connectivity index (χ0n) is 8.73. The fraction of sp³-hybridized carbons (Fsp3) is 0.0909. The highest BCUT2D eigenvalue weighted by atomic mass is 127. The molecule has 0 saturated heterocycles. The third-order valence-electron chi connectivity index (χ3n) is 2.11. The Morgan fingerprint density at radius 1 is 1.41 bits per heavy atom. The summed E-state index contributed by atoms with van der Waals surface area (Å²) in [5, 5.41) is 3.09. The van der Waals surface area contributed by atoms with Crippen molar-refractivity contribution in [2.24, 2.45) is 0 Å². The second-order valence-corrected chi connectivity index (χ2v) is 4.96. The largest absolute Gasteiger partial charge is 0.325 e. The zero-order chi connectivity index (χ0) is 12.3. The minimum atomic E-state index is -0.133.